The fourth-order valence-electron chi connectivity index (χ4n) is 2.02. The molecule has 0 radical (unpaired) electrons. The zero-order chi connectivity index (χ0) is 12.0. The van der Waals surface area contributed by atoms with Crippen LogP contribution in [0.2, 0.25) is 0 Å². The Kier molecular flexibility index (Phi) is 5.66. The number of nitrogens with zero attached hydrogens (tertiary/aromatic N) is 1. The van der Waals surface area contributed by atoms with Crippen LogP contribution in [0, 0.1) is 5.92 Å². The predicted octanol–water partition coefficient (Wildman–Crippen LogP) is 1.45. The minimum atomic E-state index is -0.865. The maximum atomic E-state index is 11.6. The van der Waals surface area contributed by atoms with Gasteiger partial charge in [-0.1, -0.05) is 12.8 Å². The summed E-state index contributed by atoms with van der Waals surface area (Å²) in [6.07, 6.45) is 5.00. The highest BCUT2D eigenvalue weighted by atomic mass is 32.2. The van der Waals surface area contributed by atoms with Crippen molar-refractivity contribution in [2.24, 2.45) is 5.92 Å². The van der Waals surface area contributed by atoms with Gasteiger partial charge in [0.1, 0.15) is 0 Å². The van der Waals surface area contributed by atoms with Crippen LogP contribution in [-0.4, -0.2) is 47.0 Å². The molecule has 1 N–H and O–H groups in total. The number of amides is 1. The molecular formula is C11H19NO3S. The highest BCUT2D eigenvalue weighted by Crippen LogP contribution is 2.25. The third-order valence-corrected chi connectivity index (χ3v) is 3.79. The Morgan fingerprint density at radius 1 is 1.31 bits per heavy atom. The lowest BCUT2D eigenvalue weighted by molar-refractivity contribution is -0.133. The summed E-state index contributed by atoms with van der Waals surface area (Å²) in [7, 11) is 1.81. The Balaban J connectivity index is 2.16. The number of aliphatic carboxylic acids is 1. The Bertz CT molecular complexity index is 252. The fourth-order valence-corrected chi connectivity index (χ4v) is 2.69. The quantitative estimate of drug-likeness (QED) is 0.769. The molecule has 0 aromatic carbocycles. The molecule has 0 aliphatic heterocycles. The highest BCUT2D eigenvalue weighted by molar-refractivity contribution is 8.00. The minimum absolute atomic E-state index is 0.00298. The molecule has 0 aromatic rings. The van der Waals surface area contributed by atoms with Gasteiger partial charge in [0, 0.05) is 13.6 Å². The summed E-state index contributed by atoms with van der Waals surface area (Å²) in [5.41, 5.74) is 0. The first-order valence-corrected chi connectivity index (χ1v) is 6.78. The molecule has 4 nitrogen and oxygen atoms in total. The van der Waals surface area contributed by atoms with Crippen molar-refractivity contribution in [2.45, 2.75) is 25.7 Å². The van der Waals surface area contributed by atoms with Gasteiger partial charge in [-0.15, -0.1) is 11.8 Å². The van der Waals surface area contributed by atoms with E-state index >= 15 is 0 Å². The molecule has 92 valence electrons. The maximum Gasteiger partial charge on any atom is 0.313 e. The van der Waals surface area contributed by atoms with E-state index in [1.165, 1.54) is 25.7 Å². The Morgan fingerprint density at radius 3 is 2.50 bits per heavy atom. The molecule has 1 rings (SSSR count). The second-order valence-electron chi connectivity index (χ2n) is 4.31. The van der Waals surface area contributed by atoms with Gasteiger partial charge in [0.05, 0.1) is 11.5 Å². The molecule has 0 heterocycles. The number of rotatable bonds is 6. The molecule has 1 fully saturated rings. The zero-order valence-electron chi connectivity index (χ0n) is 9.65. The molecule has 1 amide bonds. The van der Waals surface area contributed by atoms with E-state index in [0.717, 1.165) is 18.3 Å². The van der Waals surface area contributed by atoms with Crippen molar-refractivity contribution in [2.75, 3.05) is 25.1 Å². The second-order valence-corrected chi connectivity index (χ2v) is 5.30. The zero-order valence-corrected chi connectivity index (χ0v) is 10.5. The van der Waals surface area contributed by atoms with Crippen LogP contribution in [0.1, 0.15) is 25.7 Å². The summed E-state index contributed by atoms with van der Waals surface area (Å²) in [5, 5.41) is 8.45. The first kappa shape index (κ1) is 13.4. The Hall–Kier alpha value is -0.710. The SMILES string of the molecule is CN(CC1CCCC1)C(=O)CSCC(=O)O. The van der Waals surface area contributed by atoms with Gasteiger partial charge in [-0.25, -0.2) is 0 Å². The fraction of sp³-hybridized carbons (Fsp3) is 0.818. The second kappa shape index (κ2) is 6.78. The number of thioether (sulfide) groups is 1. The van der Waals surface area contributed by atoms with Crippen molar-refractivity contribution < 1.29 is 14.7 Å². The monoisotopic (exact) mass is 245 g/mol. The smallest absolute Gasteiger partial charge is 0.313 e. The van der Waals surface area contributed by atoms with E-state index in [1.807, 2.05) is 7.05 Å². The normalized spacial score (nSPS) is 16.3. The van der Waals surface area contributed by atoms with E-state index < -0.39 is 5.97 Å². The van der Waals surface area contributed by atoms with Crippen LogP contribution in [0.15, 0.2) is 0 Å². The average Bonchev–Trinajstić information content (AvgIpc) is 2.69. The summed E-state index contributed by atoms with van der Waals surface area (Å²) in [4.78, 5) is 23.6. The summed E-state index contributed by atoms with van der Waals surface area (Å²) in [6, 6.07) is 0. The van der Waals surface area contributed by atoms with Crippen molar-refractivity contribution >= 4 is 23.6 Å². The molecule has 0 atom stereocenters. The van der Waals surface area contributed by atoms with Crippen molar-refractivity contribution in [1.82, 2.24) is 4.90 Å². The van der Waals surface area contributed by atoms with Gasteiger partial charge < -0.3 is 10.0 Å². The van der Waals surface area contributed by atoms with E-state index in [2.05, 4.69) is 0 Å². The number of carbonyl (C=O) groups is 2. The summed E-state index contributed by atoms with van der Waals surface area (Å²) < 4.78 is 0. The van der Waals surface area contributed by atoms with Crippen LogP contribution in [0.25, 0.3) is 0 Å². The topological polar surface area (TPSA) is 57.6 Å². The van der Waals surface area contributed by atoms with Crippen LogP contribution in [0.3, 0.4) is 0 Å². The van der Waals surface area contributed by atoms with E-state index in [9.17, 15) is 9.59 Å². The molecule has 0 spiro atoms. The van der Waals surface area contributed by atoms with Crippen LogP contribution in [0.4, 0.5) is 0 Å². The van der Waals surface area contributed by atoms with E-state index in [-0.39, 0.29) is 17.4 Å². The van der Waals surface area contributed by atoms with E-state index in [0.29, 0.717) is 5.92 Å². The van der Waals surface area contributed by atoms with Gasteiger partial charge in [0.25, 0.3) is 0 Å². The third-order valence-electron chi connectivity index (χ3n) is 2.88. The molecule has 0 unspecified atom stereocenters. The standard InChI is InChI=1S/C11H19NO3S/c1-12(6-9-4-2-3-5-9)10(13)7-16-8-11(14)15/h9H,2-8H2,1H3,(H,14,15). The number of carboxylic acids is 1. The maximum absolute atomic E-state index is 11.6. The lowest BCUT2D eigenvalue weighted by Crippen LogP contribution is -2.32. The molecule has 1 aliphatic carbocycles. The van der Waals surface area contributed by atoms with Gasteiger partial charge in [-0.3, -0.25) is 9.59 Å². The third kappa shape index (κ3) is 4.88. The first-order chi connectivity index (χ1) is 7.59. The number of carbonyl (C=O) groups excluding carboxylic acids is 1. The average molecular weight is 245 g/mol. The highest BCUT2D eigenvalue weighted by Gasteiger charge is 2.19. The van der Waals surface area contributed by atoms with Crippen LogP contribution in [0.5, 0.6) is 0 Å². The molecule has 5 heteroatoms. The molecule has 0 aromatic heterocycles. The Labute approximate surface area is 100 Å². The summed E-state index contributed by atoms with van der Waals surface area (Å²) >= 11 is 1.16. The van der Waals surface area contributed by atoms with Gasteiger partial charge in [-0.2, -0.15) is 0 Å². The molecular weight excluding hydrogens is 226 g/mol. The van der Waals surface area contributed by atoms with E-state index in [1.54, 1.807) is 4.90 Å². The van der Waals surface area contributed by atoms with Gasteiger partial charge in [0.15, 0.2) is 0 Å². The first-order valence-electron chi connectivity index (χ1n) is 5.63. The molecule has 1 saturated carbocycles. The van der Waals surface area contributed by atoms with Crippen molar-refractivity contribution in [3.63, 3.8) is 0 Å². The molecule has 0 saturated heterocycles. The number of hydrogen-bond donors (Lipinski definition) is 1. The van der Waals surface area contributed by atoms with Gasteiger partial charge in [-0.05, 0) is 18.8 Å². The van der Waals surface area contributed by atoms with Gasteiger partial charge >= 0.3 is 5.97 Å². The summed E-state index contributed by atoms with van der Waals surface area (Å²) in [6.45, 7) is 0.826. The predicted molar refractivity (Wildman–Crippen MR) is 64.6 cm³/mol. The Morgan fingerprint density at radius 2 is 1.94 bits per heavy atom. The lowest BCUT2D eigenvalue weighted by Gasteiger charge is -2.20. The van der Waals surface area contributed by atoms with E-state index in [4.69, 9.17) is 5.11 Å². The van der Waals surface area contributed by atoms with Crippen LogP contribution < -0.4 is 0 Å². The van der Waals surface area contributed by atoms with Crippen molar-refractivity contribution in [1.29, 1.82) is 0 Å². The molecule has 0 bridgehead atoms. The molecule has 1 aliphatic rings. The van der Waals surface area contributed by atoms with Gasteiger partial charge in [0.2, 0.25) is 5.91 Å². The van der Waals surface area contributed by atoms with Crippen molar-refractivity contribution in [3.8, 4) is 0 Å². The minimum Gasteiger partial charge on any atom is -0.481 e. The molecule has 16 heavy (non-hydrogen) atoms. The van der Waals surface area contributed by atoms with Crippen LogP contribution >= 0.6 is 11.8 Å². The summed E-state index contributed by atoms with van der Waals surface area (Å²) in [5.74, 6) is 0.103. The lowest BCUT2D eigenvalue weighted by atomic mass is 10.1. The number of carboxylic acid groups (broad SMARTS) is 1. The van der Waals surface area contributed by atoms with Crippen LogP contribution in [-0.2, 0) is 9.59 Å². The number of hydrogen-bond acceptors (Lipinski definition) is 3. The van der Waals surface area contributed by atoms with Crippen molar-refractivity contribution in [3.05, 3.63) is 0 Å². The largest absolute Gasteiger partial charge is 0.481 e.